The highest BCUT2D eigenvalue weighted by molar-refractivity contribution is 6.31. The van der Waals surface area contributed by atoms with Gasteiger partial charge in [0.1, 0.15) is 11.5 Å². The molecule has 0 spiro atoms. The van der Waals surface area contributed by atoms with Crippen molar-refractivity contribution in [1.29, 1.82) is 0 Å². The van der Waals surface area contributed by atoms with Crippen molar-refractivity contribution in [2.75, 3.05) is 7.11 Å². The van der Waals surface area contributed by atoms with Crippen LogP contribution < -0.4 is 4.74 Å². The third kappa shape index (κ3) is 3.39. The average Bonchev–Trinajstić information content (AvgIpc) is 2.47. The third-order valence-corrected chi connectivity index (χ3v) is 3.00. The molecule has 0 aliphatic carbocycles. The van der Waals surface area contributed by atoms with Gasteiger partial charge in [-0.3, -0.25) is 4.79 Å². The molecule has 2 rings (SSSR count). The van der Waals surface area contributed by atoms with Gasteiger partial charge >= 0.3 is 0 Å². The van der Waals surface area contributed by atoms with Crippen LogP contribution in [0.4, 0.5) is 0 Å². The zero-order valence-corrected chi connectivity index (χ0v) is 11.6. The van der Waals surface area contributed by atoms with E-state index in [-0.39, 0.29) is 17.1 Å². The first-order valence-electron chi connectivity index (χ1n) is 5.95. The number of carbonyl (C=O) groups is 1. The predicted octanol–water partition coefficient (Wildman–Crippen LogP) is 3.95. The molecule has 0 aliphatic heterocycles. The molecular formula is C16H13ClO3. The van der Waals surface area contributed by atoms with Crippen LogP contribution in [0.25, 0.3) is 6.08 Å². The van der Waals surface area contributed by atoms with Crippen LogP contribution in [0.15, 0.2) is 48.5 Å². The number of rotatable bonds is 4. The van der Waals surface area contributed by atoms with Crippen LogP contribution >= 0.6 is 11.6 Å². The van der Waals surface area contributed by atoms with Gasteiger partial charge in [-0.25, -0.2) is 0 Å². The molecule has 0 bridgehead atoms. The van der Waals surface area contributed by atoms with Crippen molar-refractivity contribution in [3.8, 4) is 11.5 Å². The van der Waals surface area contributed by atoms with Gasteiger partial charge in [-0.15, -0.1) is 0 Å². The lowest BCUT2D eigenvalue weighted by atomic mass is 10.1. The zero-order valence-electron chi connectivity index (χ0n) is 10.8. The monoisotopic (exact) mass is 288 g/mol. The summed E-state index contributed by atoms with van der Waals surface area (Å²) in [6.45, 7) is 0. The summed E-state index contributed by atoms with van der Waals surface area (Å²) in [5.74, 6) is 0.362. The van der Waals surface area contributed by atoms with E-state index in [1.54, 1.807) is 25.3 Å². The van der Waals surface area contributed by atoms with Crippen molar-refractivity contribution in [3.63, 3.8) is 0 Å². The van der Waals surface area contributed by atoms with Gasteiger partial charge in [-0.1, -0.05) is 29.8 Å². The first-order chi connectivity index (χ1) is 9.60. The summed E-state index contributed by atoms with van der Waals surface area (Å²) < 4.78 is 5.05. The van der Waals surface area contributed by atoms with Gasteiger partial charge < -0.3 is 9.84 Å². The van der Waals surface area contributed by atoms with Crippen LogP contribution in [0.5, 0.6) is 11.5 Å². The first kappa shape index (κ1) is 14.2. The van der Waals surface area contributed by atoms with E-state index in [2.05, 4.69) is 0 Å². The normalized spacial score (nSPS) is 10.7. The number of halogens is 1. The first-order valence-corrected chi connectivity index (χ1v) is 6.33. The van der Waals surface area contributed by atoms with E-state index in [0.29, 0.717) is 5.02 Å². The fourth-order valence-corrected chi connectivity index (χ4v) is 1.85. The van der Waals surface area contributed by atoms with Gasteiger partial charge in [0, 0.05) is 5.02 Å². The van der Waals surface area contributed by atoms with E-state index in [1.165, 1.54) is 24.3 Å². The van der Waals surface area contributed by atoms with Gasteiger partial charge in [-0.2, -0.15) is 0 Å². The SMILES string of the molecule is COc1ccc(/C=C\C(=O)c2cc(Cl)ccc2O)cc1. The van der Waals surface area contributed by atoms with Gasteiger partial charge in [0.15, 0.2) is 5.78 Å². The van der Waals surface area contributed by atoms with Gasteiger partial charge in [0.25, 0.3) is 0 Å². The number of hydrogen-bond donors (Lipinski definition) is 1. The lowest BCUT2D eigenvalue weighted by Crippen LogP contribution is -1.94. The van der Waals surface area contributed by atoms with E-state index < -0.39 is 0 Å². The van der Waals surface area contributed by atoms with Crippen LogP contribution in [0, 0.1) is 0 Å². The number of ketones is 1. The summed E-state index contributed by atoms with van der Waals surface area (Å²) in [5, 5.41) is 10.0. The number of ether oxygens (including phenoxy) is 1. The highest BCUT2D eigenvalue weighted by Gasteiger charge is 2.08. The lowest BCUT2D eigenvalue weighted by molar-refractivity contribution is 0.104. The Kier molecular flexibility index (Phi) is 4.43. The smallest absolute Gasteiger partial charge is 0.189 e. The molecule has 0 aliphatic rings. The van der Waals surface area contributed by atoms with Crippen molar-refractivity contribution < 1.29 is 14.6 Å². The molecule has 0 amide bonds. The van der Waals surface area contributed by atoms with Crippen molar-refractivity contribution in [2.24, 2.45) is 0 Å². The van der Waals surface area contributed by atoms with Crippen molar-refractivity contribution in [1.82, 2.24) is 0 Å². The minimum atomic E-state index is -0.305. The Bertz CT molecular complexity index is 645. The molecule has 0 saturated heterocycles. The summed E-state index contributed by atoms with van der Waals surface area (Å²) in [5.41, 5.74) is 1.04. The van der Waals surface area contributed by atoms with Crippen LogP contribution in [0.2, 0.25) is 5.02 Å². The van der Waals surface area contributed by atoms with Gasteiger partial charge in [-0.05, 0) is 42.0 Å². The molecule has 20 heavy (non-hydrogen) atoms. The van der Waals surface area contributed by atoms with E-state index in [4.69, 9.17) is 16.3 Å². The maximum Gasteiger partial charge on any atom is 0.189 e. The minimum Gasteiger partial charge on any atom is -0.507 e. The molecule has 0 heterocycles. The van der Waals surface area contributed by atoms with Crippen LogP contribution in [-0.2, 0) is 0 Å². The quantitative estimate of drug-likeness (QED) is 0.684. The maximum absolute atomic E-state index is 12.0. The Labute approximate surface area is 122 Å². The topological polar surface area (TPSA) is 46.5 Å². The van der Waals surface area contributed by atoms with E-state index in [9.17, 15) is 9.90 Å². The molecular weight excluding hydrogens is 276 g/mol. The highest BCUT2D eigenvalue weighted by atomic mass is 35.5. The molecule has 4 heteroatoms. The Hall–Kier alpha value is -2.26. The summed E-state index contributed by atoms with van der Waals surface area (Å²) >= 11 is 5.81. The minimum absolute atomic E-state index is 0.0845. The summed E-state index contributed by atoms with van der Waals surface area (Å²) in [6, 6.07) is 11.7. The molecule has 0 fully saturated rings. The lowest BCUT2D eigenvalue weighted by Gasteiger charge is -2.01. The van der Waals surface area contributed by atoms with Crippen molar-refractivity contribution in [3.05, 3.63) is 64.7 Å². The van der Waals surface area contributed by atoms with Crippen molar-refractivity contribution in [2.45, 2.75) is 0 Å². The molecule has 0 aromatic heterocycles. The second-order valence-corrected chi connectivity index (χ2v) is 4.57. The third-order valence-electron chi connectivity index (χ3n) is 2.77. The fourth-order valence-electron chi connectivity index (χ4n) is 1.68. The number of hydrogen-bond acceptors (Lipinski definition) is 3. The molecule has 2 aromatic carbocycles. The number of allylic oxidation sites excluding steroid dienone is 1. The highest BCUT2D eigenvalue weighted by Crippen LogP contribution is 2.22. The zero-order chi connectivity index (χ0) is 14.5. The molecule has 3 nitrogen and oxygen atoms in total. The molecule has 0 atom stereocenters. The Morgan fingerprint density at radius 1 is 1.20 bits per heavy atom. The number of phenols is 1. The van der Waals surface area contributed by atoms with Crippen LogP contribution in [0.1, 0.15) is 15.9 Å². The fraction of sp³-hybridized carbons (Fsp3) is 0.0625. The summed E-state index contributed by atoms with van der Waals surface area (Å²) in [6.07, 6.45) is 3.06. The standard InChI is InChI=1S/C16H13ClO3/c1-20-13-6-2-11(3-7-13)4-8-15(18)14-10-12(17)5-9-16(14)19/h2-10,19H,1H3/b8-4-. The second-order valence-electron chi connectivity index (χ2n) is 4.13. The van der Waals surface area contributed by atoms with E-state index in [1.807, 2.05) is 12.1 Å². The Morgan fingerprint density at radius 2 is 1.90 bits per heavy atom. The Morgan fingerprint density at radius 3 is 2.55 bits per heavy atom. The molecule has 102 valence electrons. The number of methoxy groups -OCH3 is 1. The average molecular weight is 289 g/mol. The van der Waals surface area contributed by atoms with E-state index in [0.717, 1.165) is 11.3 Å². The number of carbonyl (C=O) groups excluding carboxylic acids is 1. The van der Waals surface area contributed by atoms with Crippen molar-refractivity contribution >= 4 is 23.5 Å². The predicted molar refractivity (Wildman–Crippen MR) is 79.5 cm³/mol. The van der Waals surface area contributed by atoms with Crippen LogP contribution in [-0.4, -0.2) is 18.0 Å². The Balaban J connectivity index is 2.17. The van der Waals surface area contributed by atoms with Gasteiger partial charge in [0.05, 0.1) is 12.7 Å². The summed E-state index contributed by atoms with van der Waals surface area (Å²) in [7, 11) is 1.59. The molecule has 1 N–H and O–H groups in total. The summed E-state index contributed by atoms with van der Waals surface area (Å²) in [4.78, 5) is 12.0. The largest absolute Gasteiger partial charge is 0.507 e. The van der Waals surface area contributed by atoms with Crippen LogP contribution in [0.3, 0.4) is 0 Å². The maximum atomic E-state index is 12.0. The molecule has 0 unspecified atom stereocenters. The van der Waals surface area contributed by atoms with Gasteiger partial charge in [0.2, 0.25) is 0 Å². The number of phenolic OH excluding ortho intramolecular Hbond substituents is 1. The number of aromatic hydroxyl groups is 1. The van der Waals surface area contributed by atoms with E-state index >= 15 is 0 Å². The molecule has 0 saturated carbocycles. The molecule has 0 radical (unpaired) electrons. The second kappa shape index (κ2) is 6.26. The number of benzene rings is 2. The molecule has 2 aromatic rings.